The molecule has 130 valence electrons. The van der Waals surface area contributed by atoms with E-state index in [1.807, 2.05) is 24.3 Å². The lowest BCUT2D eigenvalue weighted by atomic mass is 10.1. The summed E-state index contributed by atoms with van der Waals surface area (Å²) in [6, 6.07) is 14.1. The number of benzene rings is 2. The minimum absolute atomic E-state index is 0.194. The number of terminal acetylenes is 1. The fourth-order valence-electron chi connectivity index (χ4n) is 2.44. The van der Waals surface area contributed by atoms with E-state index in [-0.39, 0.29) is 24.8 Å². The molecule has 26 heavy (non-hydrogen) atoms. The molecule has 1 fully saturated rings. The minimum atomic E-state index is -0.432. The summed E-state index contributed by atoms with van der Waals surface area (Å²) in [5, 5.41) is 2.61. The number of carbonyl (C=O) groups excluding carboxylic acids is 2. The molecule has 0 aromatic heterocycles. The van der Waals surface area contributed by atoms with Crippen LogP contribution < -0.4 is 10.1 Å². The topological polar surface area (TPSA) is 58.6 Å². The van der Waals surface area contributed by atoms with Crippen molar-refractivity contribution in [3.05, 3.63) is 69.8 Å². The molecule has 3 rings (SSSR count). The number of rotatable bonds is 5. The lowest BCUT2D eigenvalue weighted by Gasteiger charge is -2.11. The Morgan fingerprint density at radius 2 is 1.81 bits per heavy atom. The number of urea groups is 1. The molecule has 2 aromatic rings. The van der Waals surface area contributed by atoms with Gasteiger partial charge in [-0.15, -0.1) is 6.42 Å². The first kappa shape index (κ1) is 17.8. The van der Waals surface area contributed by atoms with Gasteiger partial charge in [0.2, 0.25) is 0 Å². The van der Waals surface area contributed by atoms with Crippen molar-refractivity contribution in [2.45, 2.75) is 6.54 Å². The van der Waals surface area contributed by atoms with Gasteiger partial charge in [0, 0.05) is 4.47 Å². The first-order chi connectivity index (χ1) is 12.6. The molecule has 0 bridgehead atoms. The molecule has 0 spiro atoms. The quantitative estimate of drug-likeness (QED) is 0.465. The van der Waals surface area contributed by atoms with Crippen LogP contribution in [-0.4, -0.2) is 23.4 Å². The Bertz CT molecular complexity index is 896. The van der Waals surface area contributed by atoms with Crippen molar-refractivity contribution in [1.29, 1.82) is 0 Å². The summed E-state index contributed by atoms with van der Waals surface area (Å²) in [6.45, 7) is 0.411. The second-order valence-corrected chi connectivity index (χ2v) is 6.48. The van der Waals surface area contributed by atoms with Gasteiger partial charge in [-0.05, 0) is 41.5 Å². The number of halogens is 1. The SMILES string of the molecule is C#CCOc1ccc(C=C2NC(=O)N(Cc3ccc(Br)cc3)C2=O)cc1. The summed E-state index contributed by atoms with van der Waals surface area (Å²) in [5.74, 6) is 2.68. The van der Waals surface area contributed by atoms with Crippen LogP contribution in [0, 0.1) is 12.3 Å². The van der Waals surface area contributed by atoms with Gasteiger partial charge < -0.3 is 10.1 Å². The summed E-state index contributed by atoms with van der Waals surface area (Å²) >= 11 is 3.36. The van der Waals surface area contributed by atoms with Crippen LogP contribution in [0.4, 0.5) is 4.79 Å². The van der Waals surface area contributed by atoms with Crippen LogP contribution in [0.3, 0.4) is 0 Å². The summed E-state index contributed by atoms with van der Waals surface area (Å²) in [6.07, 6.45) is 6.78. The van der Waals surface area contributed by atoms with E-state index < -0.39 is 6.03 Å². The van der Waals surface area contributed by atoms with Crippen LogP contribution >= 0.6 is 15.9 Å². The van der Waals surface area contributed by atoms with Gasteiger partial charge in [0.25, 0.3) is 5.91 Å². The van der Waals surface area contributed by atoms with Crippen molar-refractivity contribution in [3.63, 3.8) is 0 Å². The third kappa shape index (κ3) is 4.13. The smallest absolute Gasteiger partial charge is 0.329 e. The van der Waals surface area contributed by atoms with Gasteiger partial charge >= 0.3 is 6.03 Å². The minimum Gasteiger partial charge on any atom is -0.481 e. The maximum atomic E-state index is 12.5. The number of hydrogen-bond acceptors (Lipinski definition) is 3. The maximum absolute atomic E-state index is 12.5. The molecule has 6 heteroatoms. The summed E-state index contributed by atoms with van der Waals surface area (Å²) in [4.78, 5) is 25.8. The molecule has 1 saturated heterocycles. The van der Waals surface area contributed by atoms with Gasteiger partial charge in [0.05, 0.1) is 6.54 Å². The van der Waals surface area contributed by atoms with Crippen LogP contribution in [0.25, 0.3) is 6.08 Å². The first-order valence-corrected chi connectivity index (χ1v) is 8.61. The molecule has 2 aromatic carbocycles. The number of amides is 3. The fourth-order valence-corrected chi connectivity index (χ4v) is 2.70. The van der Waals surface area contributed by atoms with Crippen molar-refractivity contribution in [2.24, 2.45) is 0 Å². The lowest BCUT2D eigenvalue weighted by Crippen LogP contribution is -2.30. The Hall–Kier alpha value is -3.04. The van der Waals surface area contributed by atoms with E-state index in [2.05, 4.69) is 27.2 Å². The third-order valence-electron chi connectivity index (χ3n) is 3.73. The van der Waals surface area contributed by atoms with Gasteiger partial charge in [-0.3, -0.25) is 9.69 Å². The molecule has 1 heterocycles. The van der Waals surface area contributed by atoms with Crippen LogP contribution in [-0.2, 0) is 11.3 Å². The molecule has 0 aliphatic carbocycles. The normalized spacial score (nSPS) is 15.1. The van der Waals surface area contributed by atoms with E-state index in [1.54, 1.807) is 30.3 Å². The maximum Gasteiger partial charge on any atom is 0.329 e. The van der Waals surface area contributed by atoms with E-state index in [1.165, 1.54) is 4.90 Å². The molecular weight excluding hydrogens is 396 g/mol. The van der Waals surface area contributed by atoms with Gasteiger partial charge in [0.1, 0.15) is 18.1 Å². The van der Waals surface area contributed by atoms with Crippen molar-refractivity contribution in [2.75, 3.05) is 6.61 Å². The molecule has 0 unspecified atom stereocenters. The van der Waals surface area contributed by atoms with E-state index in [4.69, 9.17) is 11.2 Å². The van der Waals surface area contributed by atoms with Crippen LogP contribution in [0.1, 0.15) is 11.1 Å². The Morgan fingerprint density at radius 1 is 1.12 bits per heavy atom. The average molecular weight is 411 g/mol. The van der Waals surface area contributed by atoms with Crippen molar-refractivity contribution in [1.82, 2.24) is 10.2 Å². The van der Waals surface area contributed by atoms with Gasteiger partial charge in [-0.2, -0.15) is 0 Å². The molecular formula is C20H15BrN2O3. The van der Waals surface area contributed by atoms with Crippen LogP contribution in [0.5, 0.6) is 5.75 Å². The molecule has 1 N–H and O–H groups in total. The largest absolute Gasteiger partial charge is 0.481 e. The molecule has 5 nitrogen and oxygen atoms in total. The third-order valence-corrected chi connectivity index (χ3v) is 4.26. The summed E-state index contributed by atoms with van der Waals surface area (Å²) < 4.78 is 6.24. The van der Waals surface area contributed by atoms with E-state index in [0.717, 1.165) is 15.6 Å². The number of carbonyl (C=O) groups is 2. The molecule has 1 aliphatic heterocycles. The highest BCUT2D eigenvalue weighted by molar-refractivity contribution is 9.10. The number of hydrogen-bond donors (Lipinski definition) is 1. The summed E-state index contributed by atoms with van der Waals surface area (Å²) in [7, 11) is 0. The molecule has 3 amide bonds. The number of ether oxygens (including phenoxy) is 1. The molecule has 0 saturated carbocycles. The first-order valence-electron chi connectivity index (χ1n) is 7.82. The Balaban J connectivity index is 1.72. The Kier molecular flexibility index (Phi) is 5.40. The number of nitrogens with zero attached hydrogens (tertiary/aromatic N) is 1. The monoisotopic (exact) mass is 410 g/mol. The highest BCUT2D eigenvalue weighted by Crippen LogP contribution is 2.19. The zero-order valence-electron chi connectivity index (χ0n) is 13.7. The highest BCUT2D eigenvalue weighted by atomic mass is 79.9. The standard InChI is InChI=1S/C20H15BrN2O3/c1-2-11-26-17-9-5-14(6-10-17)12-18-19(24)23(20(25)22-18)13-15-3-7-16(21)8-4-15/h1,3-10,12H,11,13H2,(H,22,25). The zero-order chi connectivity index (χ0) is 18.5. The fraction of sp³-hybridized carbons (Fsp3) is 0.100. The van der Waals surface area contributed by atoms with Gasteiger partial charge in [-0.25, -0.2) is 4.79 Å². The van der Waals surface area contributed by atoms with Crippen molar-refractivity contribution >= 4 is 33.9 Å². The van der Waals surface area contributed by atoms with E-state index in [9.17, 15) is 9.59 Å². The second-order valence-electron chi connectivity index (χ2n) is 5.57. The van der Waals surface area contributed by atoms with Crippen LogP contribution in [0.15, 0.2) is 58.7 Å². The number of imide groups is 1. The average Bonchev–Trinajstić information content (AvgIpc) is 2.90. The predicted octanol–water partition coefficient (Wildman–Crippen LogP) is 3.55. The predicted molar refractivity (Wildman–Crippen MR) is 102 cm³/mol. The molecule has 0 atom stereocenters. The Labute approximate surface area is 159 Å². The number of nitrogens with one attached hydrogen (secondary N) is 1. The summed E-state index contributed by atoms with van der Waals surface area (Å²) in [5.41, 5.74) is 1.88. The molecule has 0 radical (unpaired) electrons. The lowest BCUT2D eigenvalue weighted by molar-refractivity contribution is -0.123. The van der Waals surface area contributed by atoms with Gasteiger partial charge in [0.15, 0.2) is 0 Å². The van der Waals surface area contributed by atoms with E-state index in [0.29, 0.717) is 5.75 Å². The van der Waals surface area contributed by atoms with E-state index >= 15 is 0 Å². The second kappa shape index (κ2) is 7.89. The van der Waals surface area contributed by atoms with Gasteiger partial charge in [-0.1, -0.05) is 46.1 Å². The molecule has 1 aliphatic rings. The zero-order valence-corrected chi connectivity index (χ0v) is 15.3. The van der Waals surface area contributed by atoms with Crippen molar-refractivity contribution < 1.29 is 14.3 Å². The highest BCUT2D eigenvalue weighted by Gasteiger charge is 2.33. The Morgan fingerprint density at radius 3 is 2.46 bits per heavy atom. The van der Waals surface area contributed by atoms with Crippen LogP contribution in [0.2, 0.25) is 0 Å². The van der Waals surface area contributed by atoms with Crippen molar-refractivity contribution in [3.8, 4) is 18.1 Å².